The number of halogens is 1. The summed E-state index contributed by atoms with van der Waals surface area (Å²) in [6.45, 7) is 6.63. The molecule has 0 aromatic carbocycles. The van der Waals surface area contributed by atoms with E-state index in [0.717, 1.165) is 40.2 Å². The van der Waals surface area contributed by atoms with E-state index in [1.807, 2.05) is 12.1 Å². The molecule has 5 nitrogen and oxygen atoms in total. The van der Waals surface area contributed by atoms with Gasteiger partial charge in [-0.15, -0.1) is 10.2 Å². The van der Waals surface area contributed by atoms with Gasteiger partial charge in [-0.1, -0.05) is 34.3 Å². The summed E-state index contributed by atoms with van der Waals surface area (Å²) in [5.41, 5.74) is 0. The molecule has 0 aliphatic carbocycles. The maximum absolute atomic E-state index is 5.50. The smallest absolute Gasteiger partial charge is 0.228 e. The quantitative estimate of drug-likeness (QED) is 0.708. The molecule has 118 valence electrons. The van der Waals surface area contributed by atoms with Crippen LogP contribution >= 0.6 is 27.7 Å². The van der Waals surface area contributed by atoms with Crippen molar-refractivity contribution in [1.29, 1.82) is 0 Å². The Morgan fingerprint density at radius 3 is 2.82 bits per heavy atom. The number of nitrogens with zero attached hydrogens (tertiary/aromatic N) is 4. The van der Waals surface area contributed by atoms with E-state index in [2.05, 4.69) is 42.2 Å². The van der Waals surface area contributed by atoms with Crippen molar-refractivity contribution in [2.75, 3.05) is 23.7 Å². The van der Waals surface area contributed by atoms with Crippen LogP contribution in [0.2, 0.25) is 0 Å². The van der Waals surface area contributed by atoms with Crippen molar-refractivity contribution in [1.82, 2.24) is 14.8 Å². The van der Waals surface area contributed by atoms with Gasteiger partial charge in [-0.2, -0.15) is 0 Å². The van der Waals surface area contributed by atoms with Gasteiger partial charge in [0.05, 0.1) is 12.8 Å². The van der Waals surface area contributed by atoms with Gasteiger partial charge < -0.3 is 9.32 Å². The lowest BCUT2D eigenvalue weighted by molar-refractivity contribution is 0.479. The second-order valence-corrected chi connectivity index (χ2v) is 7.37. The highest BCUT2D eigenvalue weighted by atomic mass is 79.9. The molecule has 0 saturated carbocycles. The normalized spacial score (nSPS) is 15.2. The van der Waals surface area contributed by atoms with Crippen LogP contribution in [0.3, 0.4) is 0 Å². The van der Waals surface area contributed by atoms with Crippen molar-refractivity contribution in [3.05, 3.63) is 35.2 Å². The average molecular weight is 383 g/mol. The second kappa shape index (κ2) is 7.37. The van der Waals surface area contributed by atoms with Crippen molar-refractivity contribution < 1.29 is 4.42 Å². The van der Waals surface area contributed by atoms with E-state index < -0.39 is 0 Å². The van der Waals surface area contributed by atoms with Gasteiger partial charge in [-0.25, -0.2) is 0 Å². The molecule has 0 amide bonds. The highest BCUT2D eigenvalue weighted by Gasteiger charge is 2.21. The predicted molar refractivity (Wildman–Crippen MR) is 92.7 cm³/mol. The molecular formula is C15H19BrN4OS. The van der Waals surface area contributed by atoms with Crippen molar-refractivity contribution in [3.63, 3.8) is 0 Å². The van der Waals surface area contributed by atoms with Gasteiger partial charge >= 0.3 is 0 Å². The molecule has 2 aromatic rings. The minimum absolute atomic E-state index is 0.656. The van der Waals surface area contributed by atoms with Gasteiger partial charge in [0.2, 0.25) is 5.95 Å². The van der Waals surface area contributed by atoms with E-state index in [0.29, 0.717) is 6.54 Å². The van der Waals surface area contributed by atoms with Crippen LogP contribution in [0.4, 0.5) is 5.95 Å². The highest BCUT2D eigenvalue weighted by molar-refractivity contribution is 9.11. The number of hydrogen-bond acceptors (Lipinski definition) is 5. The number of piperidine rings is 1. The van der Waals surface area contributed by atoms with E-state index in [9.17, 15) is 0 Å². The lowest BCUT2D eigenvalue weighted by atomic mass is 10.1. The standard InChI is InChI=1S/C15H19BrN4OS/c1-12(16)11-22-15-18-17-14(19-7-3-2-4-8-19)20(15)10-13-6-5-9-21-13/h5-6,9H,1-4,7-8,10-11H2. The molecule has 1 aliphatic rings. The molecule has 0 radical (unpaired) electrons. The summed E-state index contributed by atoms with van der Waals surface area (Å²) in [5.74, 6) is 2.63. The lowest BCUT2D eigenvalue weighted by Gasteiger charge is -2.27. The summed E-state index contributed by atoms with van der Waals surface area (Å²) < 4.78 is 8.59. The van der Waals surface area contributed by atoms with Gasteiger partial charge in [0.1, 0.15) is 5.76 Å². The first kappa shape index (κ1) is 15.7. The Hall–Kier alpha value is -1.21. The summed E-state index contributed by atoms with van der Waals surface area (Å²) in [6, 6.07) is 3.89. The SMILES string of the molecule is C=C(Br)CSc1nnc(N2CCCCC2)n1Cc1ccco1. The minimum atomic E-state index is 0.656. The van der Waals surface area contributed by atoms with Gasteiger partial charge in [-0.05, 0) is 35.9 Å². The largest absolute Gasteiger partial charge is 0.467 e. The first-order valence-corrected chi connectivity index (χ1v) is 9.18. The predicted octanol–water partition coefficient (Wildman–Crippen LogP) is 3.91. The third-order valence-electron chi connectivity index (χ3n) is 3.59. The molecule has 0 unspecified atom stereocenters. The molecule has 0 spiro atoms. The molecule has 0 bridgehead atoms. The van der Waals surface area contributed by atoms with Crippen LogP contribution in [0, 0.1) is 0 Å². The third kappa shape index (κ3) is 3.76. The fourth-order valence-electron chi connectivity index (χ4n) is 2.56. The van der Waals surface area contributed by atoms with Crippen molar-refractivity contribution in [2.45, 2.75) is 31.0 Å². The van der Waals surface area contributed by atoms with Crippen molar-refractivity contribution in [2.24, 2.45) is 0 Å². The van der Waals surface area contributed by atoms with Crippen LogP contribution < -0.4 is 4.90 Å². The summed E-state index contributed by atoms with van der Waals surface area (Å²) in [5, 5.41) is 9.70. The van der Waals surface area contributed by atoms with E-state index in [-0.39, 0.29) is 0 Å². The lowest BCUT2D eigenvalue weighted by Crippen LogP contribution is -2.32. The van der Waals surface area contributed by atoms with Crippen LogP contribution in [0.25, 0.3) is 0 Å². The van der Waals surface area contributed by atoms with Crippen LogP contribution in [0.1, 0.15) is 25.0 Å². The van der Waals surface area contributed by atoms with E-state index in [4.69, 9.17) is 4.42 Å². The van der Waals surface area contributed by atoms with Gasteiger partial charge in [0.15, 0.2) is 5.16 Å². The molecule has 7 heteroatoms. The summed E-state index contributed by atoms with van der Waals surface area (Å²) >= 11 is 5.04. The van der Waals surface area contributed by atoms with Gasteiger partial charge in [0.25, 0.3) is 0 Å². The topological polar surface area (TPSA) is 47.1 Å². The Balaban J connectivity index is 1.85. The molecule has 1 fully saturated rings. The van der Waals surface area contributed by atoms with Gasteiger partial charge in [-0.3, -0.25) is 4.57 Å². The molecule has 3 heterocycles. The number of furan rings is 1. The molecule has 3 rings (SSSR count). The molecule has 22 heavy (non-hydrogen) atoms. The average Bonchev–Trinajstić information content (AvgIpc) is 3.16. The zero-order valence-corrected chi connectivity index (χ0v) is 14.8. The van der Waals surface area contributed by atoms with Crippen molar-refractivity contribution >= 4 is 33.6 Å². The summed E-state index contributed by atoms with van der Waals surface area (Å²) in [6.07, 6.45) is 5.43. The number of hydrogen-bond donors (Lipinski definition) is 0. The number of rotatable bonds is 6. The molecule has 1 saturated heterocycles. The van der Waals surface area contributed by atoms with Crippen LogP contribution in [-0.4, -0.2) is 33.6 Å². The highest BCUT2D eigenvalue weighted by Crippen LogP contribution is 2.27. The Bertz CT molecular complexity index is 620. The Kier molecular flexibility index (Phi) is 5.25. The maximum Gasteiger partial charge on any atom is 0.228 e. The molecule has 1 aliphatic heterocycles. The third-order valence-corrected chi connectivity index (χ3v) is 5.29. The zero-order chi connectivity index (χ0) is 15.4. The molecule has 0 N–H and O–H groups in total. The second-order valence-electron chi connectivity index (χ2n) is 5.30. The fraction of sp³-hybridized carbons (Fsp3) is 0.467. The number of aromatic nitrogens is 3. The fourth-order valence-corrected chi connectivity index (χ4v) is 3.58. The monoisotopic (exact) mass is 382 g/mol. The Morgan fingerprint density at radius 2 is 2.14 bits per heavy atom. The Morgan fingerprint density at radius 1 is 1.32 bits per heavy atom. The van der Waals surface area contributed by atoms with Crippen molar-refractivity contribution in [3.8, 4) is 0 Å². The van der Waals surface area contributed by atoms with E-state index in [1.165, 1.54) is 19.3 Å². The van der Waals surface area contributed by atoms with Crippen LogP contribution in [-0.2, 0) is 6.54 Å². The number of anilines is 1. The summed E-state index contributed by atoms with van der Waals surface area (Å²) in [7, 11) is 0. The first-order chi connectivity index (χ1) is 10.7. The molecule has 2 aromatic heterocycles. The van der Waals surface area contributed by atoms with Gasteiger partial charge in [0, 0.05) is 18.8 Å². The van der Waals surface area contributed by atoms with E-state index >= 15 is 0 Å². The maximum atomic E-state index is 5.50. The Labute approximate surface area is 142 Å². The van der Waals surface area contributed by atoms with Crippen LogP contribution in [0.5, 0.6) is 0 Å². The zero-order valence-electron chi connectivity index (χ0n) is 12.4. The molecular weight excluding hydrogens is 364 g/mol. The molecule has 0 atom stereocenters. The summed E-state index contributed by atoms with van der Waals surface area (Å²) in [4.78, 5) is 2.33. The van der Waals surface area contributed by atoms with E-state index in [1.54, 1.807) is 18.0 Å². The minimum Gasteiger partial charge on any atom is -0.467 e. The first-order valence-electron chi connectivity index (χ1n) is 7.40. The number of thioether (sulfide) groups is 1. The van der Waals surface area contributed by atoms with Crippen LogP contribution in [0.15, 0.2) is 39.0 Å².